The van der Waals surface area contributed by atoms with E-state index in [-0.39, 0.29) is 27.7 Å². The van der Waals surface area contributed by atoms with Gasteiger partial charge in [0.15, 0.2) is 5.78 Å². The first-order valence-corrected chi connectivity index (χ1v) is 13.8. The highest BCUT2D eigenvalue weighted by atomic mass is 35.5. The molecule has 0 radical (unpaired) electrons. The SMILES string of the molecule is CCCCCCCCCCCCCC(=O)c1cc(Cl)ccc1S(=O)(=O)NC(=O)NCCC. The van der Waals surface area contributed by atoms with E-state index in [2.05, 4.69) is 12.2 Å². The van der Waals surface area contributed by atoms with E-state index < -0.39 is 16.1 Å². The largest absolute Gasteiger partial charge is 0.337 e. The van der Waals surface area contributed by atoms with Gasteiger partial charge in [0.25, 0.3) is 10.0 Å². The minimum atomic E-state index is -4.18. The normalized spacial score (nSPS) is 11.3. The summed E-state index contributed by atoms with van der Waals surface area (Å²) in [6.07, 6.45) is 13.8. The summed E-state index contributed by atoms with van der Waals surface area (Å²) in [6.45, 7) is 4.44. The maximum absolute atomic E-state index is 12.7. The van der Waals surface area contributed by atoms with Gasteiger partial charge >= 0.3 is 6.03 Å². The summed E-state index contributed by atoms with van der Waals surface area (Å²) in [7, 11) is -4.18. The van der Waals surface area contributed by atoms with Crippen LogP contribution in [0.4, 0.5) is 4.79 Å². The number of amides is 2. The van der Waals surface area contributed by atoms with E-state index in [9.17, 15) is 18.0 Å². The van der Waals surface area contributed by atoms with Crippen molar-refractivity contribution in [3.8, 4) is 0 Å². The molecule has 2 amide bonds. The Morgan fingerprint density at radius 1 is 0.844 bits per heavy atom. The van der Waals surface area contributed by atoms with E-state index in [0.717, 1.165) is 19.3 Å². The molecule has 0 aliphatic heterocycles. The summed E-state index contributed by atoms with van der Waals surface area (Å²) in [4.78, 5) is 24.3. The van der Waals surface area contributed by atoms with Crippen LogP contribution in [-0.4, -0.2) is 26.8 Å². The molecule has 0 fully saturated rings. The number of nitrogens with one attached hydrogen (secondary N) is 2. The Bertz CT molecular complexity index is 812. The maximum Gasteiger partial charge on any atom is 0.328 e. The summed E-state index contributed by atoms with van der Waals surface area (Å²) < 4.78 is 27.2. The van der Waals surface area contributed by atoms with Crippen molar-refractivity contribution in [3.63, 3.8) is 0 Å². The van der Waals surface area contributed by atoms with Gasteiger partial charge in [-0.2, -0.15) is 0 Å². The number of sulfonamides is 1. The average Bonchev–Trinajstić information content (AvgIpc) is 2.75. The van der Waals surface area contributed by atoms with Crippen molar-refractivity contribution < 1.29 is 18.0 Å². The third kappa shape index (κ3) is 11.3. The van der Waals surface area contributed by atoms with E-state index in [1.54, 1.807) is 0 Å². The second-order valence-electron chi connectivity index (χ2n) is 8.21. The molecule has 1 aromatic carbocycles. The van der Waals surface area contributed by atoms with Crippen molar-refractivity contribution in [2.75, 3.05) is 6.54 Å². The van der Waals surface area contributed by atoms with Crippen LogP contribution in [0.5, 0.6) is 0 Å². The van der Waals surface area contributed by atoms with Gasteiger partial charge in [0.2, 0.25) is 0 Å². The highest BCUT2D eigenvalue weighted by Crippen LogP contribution is 2.23. The number of carbonyl (C=O) groups excluding carboxylic acids is 2. The van der Waals surface area contributed by atoms with Crippen molar-refractivity contribution in [1.82, 2.24) is 10.0 Å². The molecular weight excluding hydrogens is 448 g/mol. The molecule has 0 unspecified atom stereocenters. The van der Waals surface area contributed by atoms with Crippen molar-refractivity contribution in [1.29, 1.82) is 0 Å². The third-order valence-corrected chi connectivity index (χ3v) is 6.93. The number of unbranched alkanes of at least 4 members (excludes halogenated alkanes) is 10. The number of rotatable bonds is 17. The summed E-state index contributed by atoms with van der Waals surface area (Å²) >= 11 is 6.01. The van der Waals surface area contributed by atoms with Crippen LogP contribution in [0.3, 0.4) is 0 Å². The van der Waals surface area contributed by atoms with Gasteiger partial charge in [0.05, 0.1) is 4.90 Å². The third-order valence-electron chi connectivity index (χ3n) is 5.30. The second kappa shape index (κ2) is 16.1. The molecule has 182 valence electrons. The van der Waals surface area contributed by atoms with Crippen LogP contribution >= 0.6 is 11.6 Å². The smallest absolute Gasteiger partial charge is 0.328 e. The first kappa shape index (κ1) is 28.4. The molecule has 0 bridgehead atoms. The standard InChI is InChI=1S/C24H39ClN2O4S/c1-3-5-6-7-8-9-10-11-12-13-14-15-22(28)21-19-20(25)16-17-23(21)32(30,31)27-24(29)26-18-4-2/h16-17,19H,3-15,18H2,1-2H3,(H2,26,27,29). The fourth-order valence-electron chi connectivity index (χ4n) is 3.49. The van der Waals surface area contributed by atoms with Crippen LogP contribution in [0.2, 0.25) is 5.02 Å². The molecule has 1 aromatic rings. The zero-order valence-corrected chi connectivity index (χ0v) is 21.1. The number of halogens is 1. The van der Waals surface area contributed by atoms with Crippen LogP contribution in [0.15, 0.2) is 23.1 Å². The molecule has 0 aliphatic rings. The lowest BCUT2D eigenvalue weighted by atomic mass is 10.0. The van der Waals surface area contributed by atoms with Gasteiger partial charge in [0, 0.05) is 23.6 Å². The van der Waals surface area contributed by atoms with Crippen LogP contribution in [-0.2, 0) is 10.0 Å². The van der Waals surface area contributed by atoms with Crippen LogP contribution in [0.1, 0.15) is 108 Å². The molecule has 0 saturated carbocycles. The Morgan fingerprint density at radius 3 is 1.97 bits per heavy atom. The first-order chi connectivity index (χ1) is 15.3. The minimum absolute atomic E-state index is 0.0281. The molecule has 32 heavy (non-hydrogen) atoms. The second-order valence-corrected chi connectivity index (χ2v) is 10.3. The van der Waals surface area contributed by atoms with E-state index in [4.69, 9.17) is 11.6 Å². The number of benzene rings is 1. The van der Waals surface area contributed by atoms with Gasteiger partial charge in [-0.1, -0.05) is 89.7 Å². The number of hydrogen-bond acceptors (Lipinski definition) is 4. The molecule has 1 rings (SSSR count). The number of Topliss-reactive ketones (excluding diaryl/α,β-unsaturated/α-hetero) is 1. The van der Waals surface area contributed by atoms with E-state index in [1.807, 2.05) is 11.6 Å². The molecular formula is C24H39ClN2O4S. The van der Waals surface area contributed by atoms with Gasteiger partial charge in [-0.15, -0.1) is 0 Å². The van der Waals surface area contributed by atoms with Gasteiger partial charge in [-0.25, -0.2) is 17.9 Å². The Labute approximate surface area is 198 Å². The minimum Gasteiger partial charge on any atom is -0.337 e. The first-order valence-electron chi connectivity index (χ1n) is 11.9. The number of carbonyl (C=O) groups is 2. The summed E-state index contributed by atoms with van der Waals surface area (Å²) in [5, 5.41) is 2.73. The predicted molar refractivity (Wildman–Crippen MR) is 131 cm³/mol. The number of hydrogen-bond donors (Lipinski definition) is 2. The van der Waals surface area contributed by atoms with Gasteiger partial charge in [-0.3, -0.25) is 4.79 Å². The topological polar surface area (TPSA) is 92.3 Å². The molecule has 0 aliphatic carbocycles. The van der Waals surface area contributed by atoms with Crippen molar-refractivity contribution in [2.45, 2.75) is 102 Å². The van der Waals surface area contributed by atoms with Crippen molar-refractivity contribution >= 4 is 33.4 Å². The Hall–Kier alpha value is -1.60. The molecule has 6 nitrogen and oxygen atoms in total. The predicted octanol–water partition coefficient (Wildman–Crippen LogP) is 6.62. The van der Waals surface area contributed by atoms with E-state index in [1.165, 1.54) is 63.1 Å². The molecule has 8 heteroatoms. The summed E-state index contributed by atoms with van der Waals surface area (Å²) in [5.74, 6) is -0.280. The Kier molecular flexibility index (Phi) is 14.3. The molecule has 0 aromatic heterocycles. The van der Waals surface area contributed by atoms with Crippen molar-refractivity contribution in [2.24, 2.45) is 0 Å². The molecule has 0 saturated heterocycles. The lowest BCUT2D eigenvalue weighted by Gasteiger charge is -2.12. The van der Waals surface area contributed by atoms with E-state index in [0.29, 0.717) is 19.4 Å². The molecule has 2 N–H and O–H groups in total. The fraction of sp³-hybridized carbons (Fsp3) is 0.667. The van der Waals surface area contributed by atoms with Gasteiger partial charge in [0.1, 0.15) is 0 Å². The summed E-state index contributed by atoms with van der Waals surface area (Å²) in [5.41, 5.74) is 0.0281. The zero-order valence-electron chi connectivity index (χ0n) is 19.6. The lowest BCUT2D eigenvalue weighted by molar-refractivity contribution is 0.0975. The monoisotopic (exact) mass is 486 g/mol. The quantitative estimate of drug-likeness (QED) is 0.191. The van der Waals surface area contributed by atoms with Crippen LogP contribution in [0.25, 0.3) is 0 Å². The Balaban J connectivity index is 2.51. The zero-order chi connectivity index (χ0) is 23.8. The number of ketones is 1. The van der Waals surface area contributed by atoms with Gasteiger partial charge < -0.3 is 5.32 Å². The highest BCUT2D eigenvalue weighted by molar-refractivity contribution is 7.90. The molecule has 0 atom stereocenters. The summed E-state index contributed by atoms with van der Waals surface area (Å²) in [6, 6.07) is 3.22. The average molecular weight is 487 g/mol. The van der Waals surface area contributed by atoms with Crippen LogP contribution in [0, 0.1) is 0 Å². The molecule has 0 heterocycles. The molecule has 0 spiro atoms. The van der Waals surface area contributed by atoms with Crippen LogP contribution < -0.4 is 10.0 Å². The van der Waals surface area contributed by atoms with E-state index >= 15 is 0 Å². The fourth-order valence-corrected chi connectivity index (χ4v) is 4.80. The Morgan fingerprint density at radius 2 is 1.41 bits per heavy atom. The van der Waals surface area contributed by atoms with Gasteiger partial charge in [-0.05, 0) is 31.0 Å². The van der Waals surface area contributed by atoms with Crippen molar-refractivity contribution in [3.05, 3.63) is 28.8 Å². The highest BCUT2D eigenvalue weighted by Gasteiger charge is 2.24. The maximum atomic E-state index is 12.7. The lowest BCUT2D eigenvalue weighted by Crippen LogP contribution is -2.40. The number of urea groups is 1.